The van der Waals surface area contributed by atoms with Crippen molar-refractivity contribution in [2.45, 2.75) is 57.1 Å². The van der Waals surface area contributed by atoms with Gasteiger partial charge in [0, 0.05) is 21.8 Å². The molecule has 1 fully saturated rings. The molecule has 31 heavy (non-hydrogen) atoms. The molecule has 0 saturated carbocycles. The van der Waals surface area contributed by atoms with Gasteiger partial charge in [-0.05, 0) is 78.5 Å². The van der Waals surface area contributed by atoms with Gasteiger partial charge in [-0.3, -0.25) is 4.79 Å². The molecule has 1 N–H and O–H groups in total. The third-order valence-electron chi connectivity index (χ3n) is 5.74. The van der Waals surface area contributed by atoms with Crippen LogP contribution in [0.3, 0.4) is 0 Å². The summed E-state index contributed by atoms with van der Waals surface area (Å²) >= 11 is 3.87. The number of carbonyl (C=O) groups is 1. The molecule has 2 aromatic carbocycles. The van der Waals surface area contributed by atoms with Crippen LogP contribution in [-0.4, -0.2) is 24.5 Å². The Balaban J connectivity index is 1.70. The molecule has 3 rings (SSSR count). The molecule has 2 aromatic rings. The number of aryl methyl sites for hydroxylation is 1. The predicted octanol–water partition coefficient (Wildman–Crippen LogP) is 7.05. The molecule has 1 amide bonds. The summed E-state index contributed by atoms with van der Waals surface area (Å²) in [5, 5.41) is 3.22. The molecule has 3 nitrogen and oxygen atoms in total. The van der Waals surface area contributed by atoms with Crippen LogP contribution in [0.15, 0.2) is 47.4 Å². The Bertz CT molecular complexity index is 853. The Morgan fingerprint density at radius 3 is 2.48 bits per heavy atom. The van der Waals surface area contributed by atoms with Crippen molar-refractivity contribution in [2.75, 3.05) is 23.9 Å². The molecule has 0 bridgehead atoms. The number of methoxy groups -OCH3 is 1. The van der Waals surface area contributed by atoms with Crippen LogP contribution in [0.5, 0.6) is 5.75 Å². The van der Waals surface area contributed by atoms with Crippen LogP contribution in [0.4, 0.5) is 5.69 Å². The van der Waals surface area contributed by atoms with Gasteiger partial charge in [0.2, 0.25) is 5.91 Å². The van der Waals surface area contributed by atoms with E-state index in [0.29, 0.717) is 0 Å². The Hall–Kier alpha value is -1.59. The lowest BCUT2D eigenvalue weighted by Crippen LogP contribution is -2.28. The van der Waals surface area contributed by atoms with Crippen molar-refractivity contribution in [3.05, 3.63) is 53.6 Å². The van der Waals surface area contributed by atoms with E-state index in [0.717, 1.165) is 29.5 Å². The highest BCUT2D eigenvalue weighted by Gasteiger charge is 2.22. The Kier molecular flexibility index (Phi) is 8.79. The number of hydrogen-bond acceptors (Lipinski definition) is 4. The van der Waals surface area contributed by atoms with Crippen molar-refractivity contribution in [3.8, 4) is 5.75 Å². The number of hydrogen-bond donors (Lipinski definition) is 1. The third-order valence-corrected chi connectivity index (χ3v) is 7.85. The highest BCUT2D eigenvalue weighted by atomic mass is 32.2. The second kappa shape index (κ2) is 11.3. The number of amides is 1. The zero-order chi connectivity index (χ0) is 22.3. The fourth-order valence-corrected chi connectivity index (χ4v) is 5.67. The maximum atomic E-state index is 12.7. The number of carbonyl (C=O) groups excluding carboxylic acids is 1. The molecule has 0 aliphatic carbocycles. The lowest BCUT2D eigenvalue weighted by atomic mass is 9.93. The molecule has 0 radical (unpaired) electrons. The summed E-state index contributed by atoms with van der Waals surface area (Å²) < 4.78 is 5.24. The summed E-state index contributed by atoms with van der Waals surface area (Å²) in [6, 6.07) is 14.8. The summed E-state index contributed by atoms with van der Waals surface area (Å²) in [4.78, 5) is 13.9. The van der Waals surface area contributed by atoms with E-state index in [4.69, 9.17) is 4.74 Å². The van der Waals surface area contributed by atoms with E-state index in [1.807, 2.05) is 32.9 Å². The monoisotopic (exact) mass is 457 g/mol. The van der Waals surface area contributed by atoms with Crippen molar-refractivity contribution < 1.29 is 9.53 Å². The molecule has 0 spiro atoms. The van der Waals surface area contributed by atoms with Crippen LogP contribution in [-0.2, 0) is 17.0 Å². The minimum absolute atomic E-state index is 0.0696. The zero-order valence-corrected chi connectivity index (χ0v) is 20.8. The van der Waals surface area contributed by atoms with Crippen LogP contribution in [0.1, 0.15) is 51.2 Å². The lowest BCUT2D eigenvalue weighted by molar-refractivity contribution is -0.123. The highest BCUT2D eigenvalue weighted by Crippen LogP contribution is 2.32. The third kappa shape index (κ3) is 7.50. The summed E-state index contributed by atoms with van der Waals surface area (Å²) in [6.45, 7) is 5.89. The summed E-state index contributed by atoms with van der Waals surface area (Å²) in [5.41, 5.74) is 3.07. The molecule has 168 valence electrons. The summed E-state index contributed by atoms with van der Waals surface area (Å²) in [6.07, 6.45) is 4.88. The van der Waals surface area contributed by atoms with Crippen LogP contribution >= 0.6 is 23.5 Å². The first-order valence-electron chi connectivity index (χ1n) is 11.1. The summed E-state index contributed by atoms with van der Waals surface area (Å²) in [7, 11) is 1.69. The van der Waals surface area contributed by atoms with Crippen molar-refractivity contribution in [1.82, 2.24) is 0 Å². The second-order valence-corrected chi connectivity index (χ2v) is 11.5. The predicted molar refractivity (Wildman–Crippen MR) is 135 cm³/mol. The van der Waals surface area contributed by atoms with Gasteiger partial charge in [-0.2, -0.15) is 11.8 Å². The van der Waals surface area contributed by atoms with Crippen molar-refractivity contribution >= 4 is 35.1 Å². The fraction of sp³-hybridized carbons (Fsp3) is 0.500. The maximum absolute atomic E-state index is 12.7. The van der Waals surface area contributed by atoms with Gasteiger partial charge < -0.3 is 10.1 Å². The van der Waals surface area contributed by atoms with E-state index in [2.05, 4.69) is 47.4 Å². The number of rotatable bonds is 8. The Morgan fingerprint density at radius 1 is 1.13 bits per heavy atom. The van der Waals surface area contributed by atoms with E-state index >= 15 is 0 Å². The van der Waals surface area contributed by atoms with Crippen LogP contribution < -0.4 is 10.1 Å². The molecule has 1 heterocycles. The highest BCUT2D eigenvalue weighted by molar-refractivity contribution is 7.99. The second-order valence-electron chi connectivity index (χ2n) is 9.25. The maximum Gasteiger partial charge on any atom is 0.229 e. The number of thioether (sulfide) groups is 2. The molecule has 0 atom stereocenters. The molecular formula is C26H35NO2S2. The van der Waals surface area contributed by atoms with Crippen molar-refractivity contribution in [3.63, 3.8) is 0 Å². The number of anilines is 1. The van der Waals surface area contributed by atoms with Gasteiger partial charge in [0.15, 0.2) is 0 Å². The Morgan fingerprint density at radius 2 is 1.84 bits per heavy atom. The number of ether oxygens (including phenoxy) is 1. The largest absolute Gasteiger partial charge is 0.497 e. The van der Waals surface area contributed by atoms with Crippen LogP contribution in [0.2, 0.25) is 0 Å². The van der Waals surface area contributed by atoms with Crippen LogP contribution in [0.25, 0.3) is 0 Å². The van der Waals surface area contributed by atoms with Crippen LogP contribution in [0, 0.1) is 11.3 Å². The molecule has 1 aliphatic rings. The topological polar surface area (TPSA) is 38.3 Å². The van der Waals surface area contributed by atoms with Gasteiger partial charge in [-0.15, -0.1) is 11.8 Å². The van der Waals surface area contributed by atoms with Gasteiger partial charge in [0.25, 0.3) is 0 Å². The first kappa shape index (κ1) is 24.1. The van der Waals surface area contributed by atoms with E-state index < -0.39 is 5.41 Å². The quantitative estimate of drug-likeness (QED) is 0.431. The molecule has 0 unspecified atom stereocenters. The fourth-order valence-electron chi connectivity index (χ4n) is 3.57. The van der Waals surface area contributed by atoms with E-state index in [1.165, 1.54) is 46.8 Å². The average molecular weight is 458 g/mol. The number of nitrogens with one attached hydrogen (secondary N) is 1. The smallest absolute Gasteiger partial charge is 0.229 e. The van der Waals surface area contributed by atoms with Crippen molar-refractivity contribution in [1.29, 1.82) is 0 Å². The van der Waals surface area contributed by atoms with Gasteiger partial charge in [-0.25, -0.2) is 0 Å². The molecular weight excluding hydrogens is 422 g/mol. The van der Waals surface area contributed by atoms with E-state index in [9.17, 15) is 4.79 Å². The standard InChI is InChI=1S/C26H35NO2S2/c1-26(2,3)25(28)27-24-17-23(31-18-20-6-10-22(29-4)11-7-20)12-9-21(24)8-5-19-13-15-30-16-14-19/h6-7,9-12,17,19H,5,8,13-16,18H2,1-4H3,(H,27,28). The molecule has 0 aromatic heterocycles. The zero-order valence-electron chi connectivity index (χ0n) is 19.2. The van der Waals surface area contributed by atoms with Gasteiger partial charge in [0.1, 0.15) is 5.75 Å². The minimum Gasteiger partial charge on any atom is -0.497 e. The Labute approximate surface area is 196 Å². The molecule has 5 heteroatoms. The van der Waals surface area contributed by atoms with Gasteiger partial charge in [0.05, 0.1) is 7.11 Å². The van der Waals surface area contributed by atoms with E-state index in [-0.39, 0.29) is 5.91 Å². The van der Waals surface area contributed by atoms with E-state index in [1.54, 1.807) is 18.9 Å². The first-order chi connectivity index (χ1) is 14.8. The average Bonchev–Trinajstić information content (AvgIpc) is 2.77. The first-order valence-corrected chi connectivity index (χ1v) is 13.3. The summed E-state index contributed by atoms with van der Waals surface area (Å²) in [5.74, 6) is 5.23. The molecule has 1 saturated heterocycles. The minimum atomic E-state index is -0.413. The SMILES string of the molecule is COc1ccc(CSc2ccc(CCC3CCSCC3)c(NC(=O)C(C)(C)C)c2)cc1. The van der Waals surface area contributed by atoms with Gasteiger partial charge in [-0.1, -0.05) is 39.0 Å². The van der Waals surface area contributed by atoms with Gasteiger partial charge >= 0.3 is 0 Å². The van der Waals surface area contributed by atoms with Crippen molar-refractivity contribution in [2.24, 2.45) is 11.3 Å². The normalized spacial score (nSPS) is 15.0. The molecule has 1 aliphatic heterocycles. The number of benzene rings is 2. The lowest BCUT2D eigenvalue weighted by Gasteiger charge is -2.23.